The monoisotopic (exact) mass is 278 g/mol. The zero-order valence-corrected chi connectivity index (χ0v) is 12.2. The summed E-state index contributed by atoms with van der Waals surface area (Å²) in [6.07, 6.45) is 0. The second kappa shape index (κ2) is 5.42. The molecule has 3 unspecified atom stereocenters. The third kappa shape index (κ3) is 2.39. The minimum Gasteiger partial charge on any atom is -0.508 e. The van der Waals surface area contributed by atoms with Gasteiger partial charge in [0.15, 0.2) is 0 Å². The van der Waals surface area contributed by atoms with E-state index in [-0.39, 0.29) is 23.7 Å². The fourth-order valence-electron chi connectivity index (χ4n) is 2.54. The van der Waals surface area contributed by atoms with Crippen LogP contribution in [0.4, 0.5) is 0 Å². The van der Waals surface area contributed by atoms with Crippen LogP contribution in [0.3, 0.4) is 0 Å². The zero-order valence-electron chi connectivity index (χ0n) is 12.2. The van der Waals surface area contributed by atoms with Gasteiger partial charge in [-0.1, -0.05) is 18.2 Å². The van der Waals surface area contributed by atoms with Gasteiger partial charge < -0.3 is 20.5 Å². The van der Waals surface area contributed by atoms with Crippen molar-refractivity contribution in [2.24, 2.45) is 11.1 Å². The number of hydrogen-bond acceptors (Lipinski definition) is 4. The zero-order chi connectivity index (χ0) is 14.9. The van der Waals surface area contributed by atoms with Crippen LogP contribution < -0.4 is 5.73 Å². The molecule has 3 N–H and O–H groups in total. The summed E-state index contributed by atoms with van der Waals surface area (Å²) in [4.78, 5) is 14.3. The number of ether oxygens (including phenoxy) is 1. The van der Waals surface area contributed by atoms with Gasteiger partial charge in [-0.25, -0.2) is 0 Å². The SMILES string of the molecule is CC(c1ccccc1O)N(C)C(=O)C1(C)COCC1N. The van der Waals surface area contributed by atoms with E-state index >= 15 is 0 Å². The van der Waals surface area contributed by atoms with Crippen LogP contribution in [-0.4, -0.2) is 42.2 Å². The first kappa shape index (κ1) is 14.8. The molecule has 3 atom stereocenters. The summed E-state index contributed by atoms with van der Waals surface area (Å²) < 4.78 is 5.33. The summed E-state index contributed by atoms with van der Waals surface area (Å²) >= 11 is 0. The Balaban J connectivity index is 2.21. The highest BCUT2D eigenvalue weighted by Crippen LogP contribution is 2.34. The molecule has 1 aromatic rings. The number of nitrogens with zero attached hydrogens (tertiary/aromatic N) is 1. The van der Waals surface area contributed by atoms with E-state index in [1.54, 1.807) is 24.1 Å². The molecule has 1 aromatic carbocycles. The number of carbonyl (C=O) groups excluding carboxylic acids is 1. The van der Waals surface area contributed by atoms with E-state index in [1.165, 1.54) is 0 Å². The van der Waals surface area contributed by atoms with Gasteiger partial charge in [0.2, 0.25) is 5.91 Å². The van der Waals surface area contributed by atoms with Crippen LogP contribution in [-0.2, 0) is 9.53 Å². The predicted molar refractivity (Wildman–Crippen MR) is 76.2 cm³/mol. The highest BCUT2D eigenvalue weighted by atomic mass is 16.5. The minimum atomic E-state index is -0.701. The Morgan fingerprint density at radius 1 is 1.55 bits per heavy atom. The molecule has 0 aliphatic carbocycles. The van der Waals surface area contributed by atoms with Gasteiger partial charge in [-0.05, 0) is 19.9 Å². The number of nitrogens with two attached hydrogens (primary N) is 1. The van der Waals surface area contributed by atoms with Crippen molar-refractivity contribution in [2.45, 2.75) is 25.9 Å². The molecule has 1 saturated heterocycles. The highest BCUT2D eigenvalue weighted by molar-refractivity contribution is 5.84. The number of hydrogen-bond donors (Lipinski definition) is 2. The lowest BCUT2D eigenvalue weighted by Crippen LogP contribution is -2.50. The van der Waals surface area contributed by atoms with Gasteiger partial charge in [-0.3, -0.25) is 4.79 Å². The lowest BCUT2D eigenvalue weighted by atomic mass is 9.83. The maximum atomic E-state index is 12.7. The predicted octanol–water partition coefficient (Wildman–Crippen LogP) is 1.28. The van der Waals surface area contributed by atoms with Gasteiger partial charge in [-0.2, -0.15) is 0 Å². The number of phenolic OH excluding ortho intramolecular Hbond substituents is 1. The lowest BCUT2D eigenvalue weighted by Gasteiger charge is -2.34. The molecular weight excluding hydrogens is 256 g/mol. The molecule has 5 heteroatoms. The minimum absolute atomic E-state index is 0.0572. The average molecular weight is 278 g/mol. The fourth-order valence-corrected chi connectivity index (χ4v) is 2.54. The number of phenols is 1. The molecule has 1 aliphatic rings. The maximum Gasteiger partial charge on any atom is 0.232 e. The van der Waals surface area contributed by atoms with Crippen molar-refractivity contribution in [2.75, 3.05) is 20.3 Å². The summed E-state index contributed by atoms with van der Waals surface area (Å²) in [5.41, 5.74) is 6.02. The Kier molecular flexibility index (Phi) is 4.01. The van der Waals surface area contributed by atoms with Gasteiger partial charge in [0.1, 0.15) is 5.75 Å². The van der Waals surface area contributed by atoms with Crippen molar-refractivity contribution >= 4 is 5.91 Å². The summed E-state index contributed by atoms with van der Waals surface area (Å²) in [5.74, 6) is 0.134. The van der Waals surface area contributed by atoms with E-state index in [1.807, 2.05) is 26.0 Å². The normalized spacial score (nSPS) is 27.3. The third-order valence-electron chi connectivity index (χ3n) is 4.29. The third-order valence-corrected chi connectivity index (χ3v) is 4.29. The number of rotatable bonds is 3. The molecule has 0 bridgehead atoms. The van der Waals surface area contributed by atoms with Crippen molar-refractivity contribution in [3.8, 4) is 5.75 Å². The van der Waals surface area contributed by atoms with E-state index in [2.05, 4.69) is 0 Å². The molecule has 1 amide bonds. The van der Waals surface area contributed by atoms with Crippen LogP contribution in [0, 0.1) is 5.41 Å². The molecule has 110 valence electrons. The molecule has 1 heterocycles. The summed E-state index contributed by atoms with van der Waals surface area (Å²) in [7, 11) is 1.73. The molecular formula is C15H22N2O3. The van der Waals surface area contributed by atoms with Crippen molar-refractivity contribution in [1.29, 1.82) is 0 Å². The highest BCUT2D eigenvalue weighted by Gasteiger charge is 2.46. The van der Waals surface area contributed by atoms with E-state index < -0.39 is 5.41 Å². The van der Waals surface area contributed by atoms with Crippen molar-refractivity contribution < 1.29 is 14.6 Å². The number of aromatic hydroxyl groups is 1. The van der Waals surface area contributed by atoms with Gasteiger partial charge in [-0.15, -0.1) is 0 Å². The number of benzene rings is 1. The molecule has 0 aromatic heterocycles. The molecule has 1 aliphatic heterocycles. The Morgan fingerprint density at radius 3 is 2.75 bits per heavy atom. The molecule has 1 fully saturated rings. The molecule has 5 nitrogen and oxygen atoms in total. The molecule has 0 spiro atoms. The van der Waals surface area contributed by atoms with Crippen molar-refractivity contribution in [3.05, 3.63) is 29.8 Å². The van der Waals surface area contributed by atoms with Crippen LogP contribution in [0.5, 0.6) is 5.75 Å². The fraction of sp³-hybridized carbons (Fsp3) is 0.533. The Morgan fingerprint density at radius 2 is 2.20 bits per heavy atom. The summed E-state index contributed by atoms with van der Waals surface area (Å²) in [6, 6.07) is 6.51. The number of amides is 1. The largest absolute Gasteiger partial charge is 0.508 e. The first-order valence-electron chi connectivity index (χ1n) is 6.76. The molecule has 20 heavy (non-hydrogen) atoms. The Labute approximate surface area is 119 Å². The molecule has 0 saturated carbocycles. The second-order valence-electron chi connectivity index (χ2n) is 5.69. The number of carbonyl (C=O) groups is 1. The van der Waals surface area contributed by atoms with Crippen LogP contribution in [0.15, 0.2) is 24.3 Å². The van der Waals surface area contributed by atoms with Crippen LogP contribution >= 0.6 is 0 Å². The average Bonchev–Trinajstić information content (AvgIpc) is 2.78. The van der Waals surface area contributed by atoms with E-state index in [0.29, 0.717) is 13.2 Å². The Hall–Kier alpha value is -1.59. The maximum absolute atomic E-state index is 12.7. The summed E-state index contributed by atoms with van der Waals surface area (Å²) in [6.45, 7) is 4.46. The van der Waals surface area contributed by atoms with E-state index in [4.69, 9.17) is 10.5 Å². The van der Waals surface area contributed by atoms with Crippen LogP contribution in [0.25, 0.3) is 0 Å². The quantitative estimate of drug-likeness (QED) is 0.873. The first-order chi connectivity index (χ1) is 9.38. The molecule has 0 radical (unpaired) electrons. The van der Waals surface area contributed by atoms with Crippen LogP contribution in [0.1, 0.15) is 25.5 Å². The van der Waals surface area contributed by atoms with E-state index in [9.17, 15) is 9.90 Å². The second-order valence-corrected chi connectivity index (χ2v) is 5.69. The standard InChI is InChI=1S/C15H22N2O3/c1-10(11-6-4-5-7-12(11)18)17(3)14(19)15(2)9-20-8-13(15)16/h4-7,10,13,18H,8-9,16H2,1-3H3. The Bertz CT molecular complexity index is 506. The van der Waals surface area contributed by atoms with Gasteiger partial charge in [0.05, 0.1) is 24.7 Å². The van der Waals surface area contributed by atoms with Gasteiger partial charge in [0.25, 0.3) is 0 Å². The van der Waals surface area contributed by atoms with Crippen molar-refractivity contribution in [1.82, 2.24) is 4.90 Å². The van der Waals surface area contributed by atoms with E-state index in [0.717, 1.165) is 5.56 Å². The topological polar surface area (TPSA) is 75.8 Å². The lowest BCUT2D eigenvalue weighted by molar-refractivity contribution is -0.142. The number of para-hydroxylation sites is 1. The molecule has 2 rings (SSSR count). The first-order valence-corrected chi connectivity index (χ1v) is 6.76. The van der Waals surface area contributed by atoms with Gasteiger partial charge in [0, 0.05) is 18.7 Å². The summed E-state index contributed by atoms with van der Waals surface area (Å²) in [5, 5.41) is 9.91. The van der Waals surface area contributed by atoms with Crippen LogP contribution in [0.2, 0.25) is 0 Å². The van der Waals surface area contributed by atoms with Gasteiger partial charge >= 0.3 is 0 Å². The smallest absolute Gasteiger partial charge is 0.232 e. The van der Waals surface area contributed by atoms with Crippen molar-refractivity contribution in [3.63, 3.8) is 0 Å².